The lowest BCUT2D eigenvalue weighted by atomic mass is 10.1. The molecule has 0 unspecified atom stereocenters. The Morgan fingerprint density at radius 3 is 1.50 bits per heavy atom. The van der Waals surface area contributed by atoms with E-state index >= 15 is 0 Å². The van der Waals surface area contributed by atoms with Crippen LogP contribution in [0.4, 0.5) is 5.69 Å². The van der Waals surface area contributed by atoms with Crippen LogP contribution < -0.4 is 5.73 Å². The van der Waals surface area contributed by atoms with Gasteiger partial charge in [-0.3, -0.25) is 0 Å². The zero-order valence-corrected chi connectivity index (χ0v) is 8.02. The lowest BCUT2D eigenvalue weighted by Crippen LogP contribution is -2.08. The molecule has 0 aliphatic carbocycles. The number of hydrogen-bond acceptors (Lipinski definition) is 3. The molecule has 1 aromatic rings. The first-order valence-electron chi connectivity index (χ1n) is 3.39. The fourth-order valence-corrected chi connectivity index (χ4v) is 0.938. The number of carbonyl (C=O) groups is 2. The maximum atomic E-state index is 10.5. The van der Waals surface area contributed by atoms with Crippen LogP contribution in [0.15, 0.2) is 18.2 Å². The van der Waals surface area contributed by atoms with Gasteiger partial charge in [-0.05, 0) is 12.1 Å². The van der Waals surface area contributed by atoms with Gasteiger partial charge in [0.05, 0.1) is 16.8 Å². The predicted octanol–water partition coefficient (Wildman–Crippen LogP) is -1.81. The molecule has 0 saturated heterocycles. The summed E-state index contributed by atoms with van der Waals surface area (Å²) >= 11 is 0. The average Bonchev–Trinajstić information content (AvgIpc) is 2.03. The number of carboxylic acids is 2. The lowest BCUT2D eigenvalue weighted by molar-refractivity contribution is 0.0696. The predicted molar refractivity (Wildman–Crippen MR) is 55.6 cm³/mol. The fraction of sp³-hybridized carbons (Fsp3) is 0. The van der Waals surface area contributed by atoms with E-state index in [0.717, 1.165) is 0 Å². The van der Waals surface area contributed by atoms with Crippen LogP contribution in [0.2, 0.25) is 0 Å². The number of anilines is 1. The average molecular weight is 235 g/mol. The van der Waals surface area contributed by atoms with Gasteiger partial charge in [0.2, 0.25) is 0 Å². The van der Waals surface area contributed by atoms with Crippen molar-refractivity contribution >= 4 is 17.6 Å². The Labute approximate surface area is 89.9 Å². The van der Waals surface area contributed by atoms with Gasteiger partial charge in [0.15, 0.2) is 0 Å². The first-order chi connectivity index (χ1) is 6.04. The van der Waals surface area contributed by atoms with E-state index in [1.54, 1.807) is 0 Å². The van der Waals surface area contributed by atoms with Crippen LogP contribution in [0.5, 0.6) is 0 Å². The van der Waals surface area contributed by atoms with Crippen molar-refractivity contribution in [2.45, 2.75) is 0 Å². The van der Waals surface area contributed by atoms with Gasteiger partial charge >= 0.3 is 11.9 Å². The highest BCUT2D eigenvalue weighted by Gasteiger charge is 2.14. The van der Waals surface area contributed by atoms with Gasteiger partial charge < -0.3 is 32.4 Å². The number of benzene rings is 1. The van der Waals surface area contributed by atoms with Crippen molar-refractivity contribution in [3.8, 4) is 0 Å². The van der Waals surface area contributed by atoms with Crippen LogP contribution >= 0.6 is 0 Å². The van der Waals surface area contributed by atoms with Crippen LogP contribution in [-0.4, -0.2) is 38.6 Å². The van der Waals surface area contributed by atoms with Crippen molar-refractivity contribution in [2.75, 3.05) is 5.73 Å². The van der Waals surface area contributed by atoms with E-state index in [1.165, 1.54) is 18.2 Å². The third-order valence-corrected chi connectivity index (χ3v) is 1.57. The molecule has 0 aromatic heterocycles. The smallest absolute Gasteiger partial charge is 0.337 e. The molecule has 0 spiro atoms. The number of nitrogens with two attached hydrogens (primary N) is 1. The van der Waals surface area contributed by atoms with Crippen molar-refractivity contribution in [2.24, 2.45) is 0 Å². The molecule has 16 heavy (non-hydrogen) atoms. The third kappa shape index (κ3) is 3.53. The zero-order valence-electron chi connectivity index (χ0n) is 8.02. The van der Waals surface area contributed by atoms with Crippen molar-refractivity contribution in [1.82, 2.24) is 0 Å². The number of nitrogen functional groups attached to an aromatic ring is 1. The monoisotopic (exact) mass is 235 g/mol. The summed E-state index contributed by atoms with van der Waals surface area (Å²) < 4.78 is 0. The molecule has 0 atom stereocenters. The second kappa shape index (κ2) is 7.17. The van der Waals surface area contributed by atoms with E-state index in [1.807, 2.05) is 0 Å². The maximum Gasteiger partial charge on any atom is 0.337 e. The zero-order chi connectivity index (χ0) is 10.0. The highest BCUT2D eigenvalue weighted by Crippen LogP contribution is 2.17. The summed E-state index contributed by atoms with van der Waals surface area (Å²) in [6.07, 6.45) is 0. The molecule has 0 saturated carbocycles. The number of rotatable bonds is 2. The van der Waals surface area contributed by atoms with Gasteiger partial charge in [-0.1, -0.05) is 6.07 Å². The Hall–Kier alpha value is -2.16. The molecule has 92 valence electrons. The van der Waals surface area contributed by atoms with Crippen molar-refractivity contribution in [1.29, 1.82) is 0 Å². The van der Waals surface area contributed by atoms with E-state index in [-0.39, 0.29) is 33.2 Å². The van der Waals surface area contributed by atoms with E-state index in [2.05, 4.69) is 0 Å². The Morgan fingerprint density at radius 2 is 1.25 bits per heavy atom. The maximum absolute atomic E-state index is 10.5. The Bertz CT molecular complexity index is 344. The molecule has 0 amide bonds. The highest BCUT2D eigenvalue weighted by molar-refractivity contribution is 6.02. The van der Waals surface area contributed by atoms with E-state index in [9.17, 15) is 9.59 Å². The van der Waals surface area contributed by atoms with E-state index < -0.39 is 11.9 Å². The molecular weight excluding hydrogens is 222 g/mol. The van der Waals surface area contributed by atoms with Crippen molar-refractivity contribution in [3.05, 3.63) is 29.3 Å². The summed E-state index contributed by atoms with van der Waals surface area (Å²) in [4.78, 5) is 21.0. The molecule has 0 bridgehead atoms. The standard InChI is InChI=1S/C8H7NO4.3H2O/c9-6-4(7(10)11)2-1-3-5(6)8(12)13;;;/h1-3H,9H2,(H,10,11)(H,12,13);3*1H2. The molecule has 8 heteroatoms. The van der Waals surface area contributed by atoms with Crippen LogP contribution in [0, 0.1) is 0 Å². The minimum Gasteiger partial charge on any atom is -0.478 e. The summed E-state index contributed by atoms with van der Waals surface area (Å²) in [7, 11) is 0. The minimum atomic E-state index is -1.24. The van der Waals surface area contributed by atoms with Crippen LogP contribution in [0.25, 0.3) is 0 Å². The quantitative estimate of drug-likeness (QED) is 0.507. The molecule has 0 fully saturated rings. The van der Waals surface area contributed by atoms with Crippen molar-refractivity contribution in [3.63, 3.8) is 0 Å². The topological polar surface area (TPSA) is 195 Å². The normalized spacial score (nSPS) is 7.75. The van der Waals surface area contributed by atoms with Gasteiger partial charge in [0, 0.05) is 0 Å². The van der Waals surface area contributed by atoms with Gasteiger partial charge in [-0.15, -0.1) is 0 Å². The molecular formula is C8H13NO7. The second-order valence-electron chi connectivity index (χ2n) is 2.38. The molecule has 1 rings (SSSR count). The molecule has 0 heterocycles. The number of para-hydroxylation sites is 1. The fourth-order valence-electron chi connectivity index (χ4n) is 0.938. The van der Waals surface area contributed by atoms with Gasteiger partial charge in [0.25, 0.3) is 0 Å². The SMILES string of the molecule is Nc1c(C(=O)O)cccc1C(=O)O.O.O.O. The number of hydrogen-bond donors (Lipinski definition) is 3. The summed E-state index contributed by atoms with van der Waals surface area (Å²) in [6.45, 7) is 0. The summed E-state index contributed by atoms with van der Waals surface area (Å²) in [5.41, 5.74) is 4.71. The van der Waals surface area contributed by atoms with Crippen LogP contribution in [0.3, 0.4) is 0 Å². The molecule has 0 aliphatic heterocycles. The minimum absolute atomic E-state index is 0. The number of aromatic carboxylic acids is 2. The molecule has 10 N–H and O–H groups in total. The van der Waals surface area contributed by atoms with Crippen LogP contribution in [-0.2, 0) is 0 Å². The largest absolute Gasteiger partial charge is 0.478 e. The second-order valence-corrected chi connectivity index (χ2v) is 2.38. The molecule has 1 aromatic carbocycles. The molecule has 8 nitrogen and oxygen atoms in total. The van der Waals surface area contributed by atoms with Gasteiger partial charge in [-0.25, -0.2) is 9.59 Å². The third-order valence-electron chi connectivity index (χ3n) is 1.57. The first kappa shape index (κ1) is 19.4. The molecule has 0 aliphatic rings. The summed E-state index contributed by atoms with van der Waals surface area (Å²) in [5, 5.41) is 17.2. The van der Waals surface area contributed by atoms with Crippen LogP contribution in [0.1, 0.15) is 20.7 Å². The highest BCUT2D eigenvalue weighted by atomic mass is 16.4. The first-order valence-corrected chi connectivity index (χ1v) is 3.39. The van der Waals surface area contributed by atoms with E-state index in [4.69, 9.17) is 15.9 Å². The molecule has 0 radical (unpaired) electrons. The van der Waals surface area contributed by atoms with Crippen molar-refractivity contribution < 1.29 is 36.2 Å². The Balaban J connectivity index is -0.000000563. The number of carboxylic acid groups (broad SMARTS) is 2. The Kier molecular flexibility index (Phi) is 8.71. The lowest BCUT2D eigenvalue weighted by Gasteiger charge is -2.03. The van der Waals surface area contributed by atoms with E-state index in [0.29, 0.717) is 0 Å². The summed E-state index contributed by atoms with van der Waals surface area (Å²) in [6, 6.07) is 3.84. The van der Waals surface area contributed by atoms with Gasteiger partial charge in [-0.2, -0.15) is 0 Å². The summed E-state index contributed by atoms with van der Waals surface area (Å²) in [5.74, 6) is -2.47. The van der Waals surface area contributed by atoms with Gasteiger partial charge in [0.1, 0.15) is 0 Å². The Morgan fingerprint density at radius 1 is 0.938 bits per heavy atom.